The molecule has 1 fully saturated rings. The zero-order chi connectivity index (χ0) is 13.8. The highest BCUT2D eigenvalue weighted by Gasteiger charge is 2.28. The van der Waals surface area contributed by atoms with Gasteiger partial charge in [0.1, 0.15) is 5.82 Å². The Balaban J connectivity index is 1.99. The molecular formula is C14H22N4O. The second-order valence-electron chi connectivity index (χ2n) is 5.40. The minimum Gasteiger partial charge on any atom is -0.372 e. The second-order valence-corrected chi connectivity index (χ2v) is 5.40. The van der Waals surface area contributed by atoms with Gasteiger partial charge in [0.2, 0.25) is 0 Å². The van der Waals surface area contributed by atoms with Crippen LogP contribution in [0.5, 0.6) is 0 Å². The molecule has 0 radical (unpaired) electrons. The van der Waals surface area contributed by atoms with Crippen LogP contribution >= 0.6 is 0 Å². The molecule has 19 heavy (non-hydrogen) atoms. The highest BCUT2D eigenvalue weighted by atomic mass is 16.2. The molecule has 2 rings (SSSR count). The maximum absolute atomic E-state index is 12.1. The monoisotopic (exact) mass is 262 g/mol. The fourth-order valence-corrected chi connectivity index (χ4v) is 2.61. The summed E-state index contributed by atoms with van der Waals surface area (Å²) in [6.07, 6.45) is 3.49. The van der Waals surface area contributed by atoms with Crippen LogP contribution in [0.1, 0.15) is 43.6 Å². The van der Waals surface area contributed by atoms with E-state index in [1.807, 2.05) is 0 Å². The van der Waals surface area contributed by atoms with Gasteiger partial charge in [-0.15, -0.1) is 10.2 Å². The van der Waals surface area contributed by atoms with Crippen molar-refractivity contribution < 1.29 is 4.79 Å². The summed E-state index contributed by atoms with van der Waals surface area (Å²) in [6, 6.07) is 3.71. The number of hydrogen-bond acceptors (Lipinski definition) is 4. The number of carbonyl (C=O) groups excluding carboxylic acids is 1. The number of amides is 1. The highest BCUT2D eigenvalue weighted by Crippen LogP contribution is 2.29. The van der Waals surface area contributed by atoms with E-state index < -0.39 is 0 Å². The fraction of sp³-hybridized carbons (Fsp3) is 0.643. The lowest BCUT2D eigenvalue weighted by molar-refractivity contribution is 0.0885. The zero-order valence-corrected chi connectivity index (χ0v) is 11.8. The average molecular weight is 262 g/mol. The molecule has 5 nitrogen and oxygen atoms in total. The average Bonchev–Trinajstić information content (AvgIpc) is 2.44. The molecule has 0 saturated heterocycles. The summed E-state index contributed by atoms with van der Waals surface area (Å²) >= 11 is 0. The Labute approximate surface area is 114 Å². The number of nitrogens with zero attached hydrogens (tertiary/aromatic N) is 2. The summed E-state index contributed by atoms with van der Waals surface area (Å²) in [5.41, 5.74) is 0.379. The van der Waals surface area contributed by atoms with Crippen molar-refractivity contribution in [2.45, 2.75) is 39.2 Å². The van der Waals surface area contributed by atoms with Crippen LogP contribution < -0.4 is 10.6 Å². The molecular weight excluding hydrogens is 240 g/mol. The molecule has 3 atom stereocenters. The van der Waals surface area contributed by atoms with Crippen LogP contribution in [0.3, 0.4) is 0 Å². The van der Waals surface area contributed by atoms with Crippen molar-refractivity contribution in [3.05, 3.63) is 17.8 Å². The third-order valence-electron chi connectivity index (χ3n) is 4.18. The number of anilines is 1. The van der Waals surface area contributed by atoms with Gasteiger partial charge in [-0.3, -0.25) is 4.79 Å². The molecule has 1 aliphatic rings. The van der Waals surface area contributed by atoms with E-state index in [1.165, 1.54) is 12.8 Å². The molecule has 1 aromatic rings. The molecule has 1 saturated carbocycles. The van der Waals surface area contributed by atoms with Crippen LogP contribution in [0, 0.1) is 11.8 Å². The molecule has 5 heteroatoms. The number of hydrogen-bond donors (Lipinski definition) is 2. The summed E-state index contributed by atoms with van der Waals surface area (Å²) in [6.45, 7) is 4.47. The van der Waals surface area contributed by atoms with Gasteiger partial charge in [-0.25, -0.2) is 0 Å². The maximum Gasteiger partial charge on any atom is 0.272 e. The van der Waals surface area contributed by atoms with E-state index in [0.29, 0.717) is 23.3 Å². The van der Waals surface area contributed by atoms with Crippen LogP contribution in [0.15, 0.2) is 12.1 Å². The first-order valence-electron chi connectivity index (χ1n) is 6.94. The molecule has 1 aliphatic carbocycles. The molecule has 0 bridgehead atoms. The summed E-state index contributed by atoms with van der Waals surface area (Å²) in [4.78, 5) is 12.1. The van der Waals surface area contributed by atoms with E-state index in [9.17, 15) is 4.79 Å². The van der Waals surface area contributed by atoms with Gasteiger partial charge in [0.25, 0.3) is 5.91 Å². The molecule has 0 spiro atoms. The van der Waals surface area contributed by atoms with E-state index in [-0.39, 0.29) is 11.9 Å². The van der Waals surface area contributed by atoms with Crippen molar-refractivity contribution in [2.24, 2.45) is 11.8 Å². The van der Waals surface area contributed by atoms with Gasteiger partial charge < -0.3 is 10.6 Å². The molecule has 0 aliphatic heterocycles. The minimum atomic E-state index is -0.124. The molecule has 104 valence electrons. The topological polar surface area (TPSA) is 66.9 Å². The van der Waals surface area contributed by atoms with Gasteiger partial charge in [0, 0.05) is 13.1 Å². The van der Waals surface area contributed by atoms with Crippen LogP contribution in [0.4, 0.5) is 5.82 Å². The van der Waals surface area contributed by atoms with E-state index in [4.69, 9.17) is 0 Å². The quantitative estimate of drug-likeness (QED) is 0.875. The molecule has 1 amide bonds. The second kappa shape index (κ2) is 5.99. The standard InChI is InChI=1S/C14H22N4O/c1-9-5-4-6-11(10(9)2)16-14(19)12-7-8-13(15-3)18-17-12/h7-11H,4-6H2,1-3H3,(H,15,18)(H,16,19). The van der Waals surface area contributed by atoms with Crippen molar-refractivity contribution in [1.82, 2.24) is 15.5 Å². The maximum atomic E-state index is 12.1. The van der Waals surface area contributed by atoms with Crippen LogP contribution in [-0.4, -0.2) is 29.2 Å². The van der Waals surface area contributed by atoms with E-state index >= 15 is 0 Å². The summed E-state index contributed by atoms with van der Waals surface area (Å²) < 4.78 is 0. The Bertz CT molecular complexity index is 432. The molecule has 0 aromatic carbocycles. The molecule has 1 heterocycles. The van der Waals surface area contributed by atoms with E-state index in [2.05, 4.69) is 34.7 Å². The first-order chi connectivity index (χ1) is 9.11. The lowest BCUT2D eigenvalue weighted by Crippen LogP contribution is -2.44. The largest absolute Gasteiger partial charge is 0.372 e. The molecule has 1 aromatic heterocycles. The first kappa shape index (κ1) is 13.8. The SMILES string of the molecule is CNc1ccc(C(=O)NC2CCCC(C)C2C)nn1. The van der Waals surface area contributed by atoms with Crippen molar-refractivity contribution in [3.63, 3.8) is 0 Å². The number of aromatic nitrogens is 2. The van der Waals surface area contributed by atoms with Gasteiger partial charge in [0.05, 0.1) is 0 Å². The fourth-order valence-electron chi connectivity index (χ4n) is 2.61. The Hall–Kier alpha value is -1.65. The summed E-state index contributed by atoms with van der Waals surface area (Å²) in [5, 5.41) is 13.8. The van der Waals surface area contributed by atoms with Crippen molar-refractivity contribution in [1.29, 1.82) is 0 Å². The van der Waals surface area contributed by atoms with Crippen molar-refractivity contribution in [2.75, 3.05) is 12.4 Å². The normalized spacial score (nSPS) is 26.8. The van der Waals surface area contributed by atoms with Gasteiger partial charge >= 0.3 is 0 Å². The lowest BCUT2D eigenvalue weighted by atomic mass is 9.78. The third-order valence-corrected chi connectivity index (χ3v) is 4.18. The van der Waals surface area contributed by atoms with Gasteiger partial charge in [-0.1, -0.05) is 26.7 Å². The Kier molecular flexibility index (Phi) is 4.35. The molecule has 2 N–H and O–H groups in total. The minimum absolute atomic E-state index is 0.124. The number of rotatable bonds is 3. The Morgan fingerprint density at radius 2 is 2.05 bits per heavy atom. The van der Waals surface area contributed by atoms with E-state index in [1.54, 1.807) is 19.2 Å². The van der Waals surface area contributed by atoms with Crippen molar-refractivity contribution in [3.8, 4) is 0 Å². The van der Waals surface area contributed by atoms with Crippen LogP contribution in [-0.2, 0) is 0 Å². The van der Waals surface area contributed by atoms with Gasteiger partial charge in [0.15, 0.2) is 5.69 Å². The Morgan fingerprint density at radius 3 is 2.68 bits per heavy atom. The van der Waals surface area contributed by atoms with Gasteiger partial charge in [-0.05, 0) is 30.4 Å². The third kappa shape index (κ3) is 3.22. The molecule has 3 unspecified atom stereocenters. The highest BCUT2D eigenvalue weighted by molar-refractivity contribution is 5.92. The lowest BCUT2D eigenvalue weighted by Gasteiger charge is -2.34. The smallest absolute Gasteiger partial charge is 0.272 e. The number of nitrogens with one attached hydrogen (secondary N) is 2. The summed E-state index contributed by atoms with van der Waals surface area (Å²) in [5.74, 6) is 1.72. The van der Waals surface area contributed by atoms with Crippen LogP contribution in [0.2, 0.25) is 0 Å². The Morgan fingerprint density at radius 1 is 1.26 bits per heavy atom. The zero-order valence-electron chi connectivity index (χ0n) is 11.8. The van der Waals surface area contributed by atoms with Crippen LogP contribution in [0.25, 0.3) is 0 Å². The summed E-state index contributed by atoms with van der Waals surface area (Å²) in [7, 11) is 1.77. The van der Waals surface area contributed by atoms with Crippen molar-refractivity contribution >= 4 is 11.7 Å². The van der Waals surface area contributed by atoms with E-state index in [0.717, 1.165) is 6.42 Å². The van der Waals surface area contributed by atoms with Gasteiger partial charge in [-0.2, -0.15) is 0 Å². The predicted molar refractivity (Wildman–Crippen MR) is 75.0 cm³/mol. The number of carbonyl (C=O) groups is 1. The predicted octanol–water partition coefficient (Wildman–Crippen LogP) is 2.07. The first-order valence-corrected chi connectivity index (χ1v) is 6.94.